The zero-order valence-corrected chi connectivity index (χ0v) is 14.9. The Kier molecular flexibility index (Phi) is 4.33. The molecule has 9 nitrogen and oxygen atoms in total. The molecule has 0 bridgehead atoms. The van der Waals surface area contributed by atoms with Crippen LogP contribution in [0.3, 0.4) is 0 Å². The summed E-state index contributed by atoms with van der Waals surface area (Å²) in [6.45, 7) is 1.71. The Hall–Kier alpha value is -3.07. The van der Waals surface area contributed by atoms with Gasteiger partial charge in [0.1, 0.15) is 11.6 Å². The zero-order valence-electron chi connectivity index (χ0n) is 14.1. The van der Waals surface area contributed by atoms with Gasteiger partial charge in [-0.25, -0.2) is 19.1 Å². The number of aryl methyl sites for hydroxylation is 2. The van der Waals surface area contributed by atoms with Crippen molar-refractivity contribution in [1.29, 1.82) is 0 Å². The molecule has 1 atom stereocenters. The molecule has 0 saturated carbocycles. The Morgan fingerprint density at radius 2 is 1.81 bits per heavy atom. The molecule has 1 aliphatic rings. The van der Waals surface area contributed by atoms with Gasteiger partial charge in [-0.2, -0.15) is 10.2 Å². The predicted molar refractivity (Wildman–Crippen MR) is 93.8 cm³/mol. The summed E-state index contributed by atoms with van der Waals surface area (Å²) in [6.07, 6.45) is 1.16. The van der Waals surface area contributed by atoms with Gasteiger partial charge in [0.2, 0.25) is 5.78 Å². The van der Waals surface area contributed by atoms with Crippen molar-refractivity contribution >= 4 is 29.5 Å². The molecular weight excluding hydrogens is 362 g/mol. The number of hydrogen-bond donors (Lipinski definition) is 0. The fraction of sp³-hybridized carbons (Fsp3) is 0.250. The van der Waals surface area contributed by atoms with Crippen LogP contribution in [0.5, 0.6) is 0 Å². The van der Waals surface area contributed by atoms with Crippen molar-refractivity contribution in [2.75, 3.05) is 7.05 Å². The Labute approximate surface area is 152 Å². The maximum absolute atomic E-state index is 12.9. The lowest BCUT2D eigenvalue weighted by Gasteiger charge is -2.20. The van der Waals surface area contributed by atoms with Crippen molar-refractivity contribution in [3.63, 3.8) is 0 Å². The third-order valence-corrected chi connectivity index (χ3v) is 4.27. The van der Waals surface area contributed by atoms with Crippen LogP contribution in [-0.4, -0.2) is 44.3 Å². The molecule has 0 spiro atoms. The summed E-state index contributed by atoms with van der Waals surface area (Å²) in [7, 11) is 2.68. The molecule has 0 aliphatic carbocycles. The molecule has 1 unspecified atom stereocenters. The summed E-state index contributed by atoms with van der Waals surface area (Å²) in [5.41, 5.74) is -0.865. The van der Waals surface area contributed by atoms with Crippen molar-refractivity contribution in [3.05, 3.63) is 55.3 Å². The van der Waals surface area contributed by atoms with Crippen LogP contribution in [0.25, 0.3) is 5.69 Å². The van der Waals surface area contributed by atoms with Gasteiger partial charge in [0.25, 0.3) is 5.56 Å². The second-order valence-corrected chi connectivity index (χ2v) is 6.23. The third-order valence-electron chi connectivity index (χ3n) is 4.03. The van der Waals surface area contributed by atoms with Gasteiger partial charge in [-0.15, -0.1) is 0 Å². The van der Waals surface area contributed by atoms with Crippen molar-refractivity contribution in [1.82, 2.24) is 19.4 Å². The van der Waals surface area contributed by atoms with Gasteiger partial charge in [-0.1, -0.05) is 17.7 Å². The summed E-state index contributed by atoms with van der Waals surface area (Å²) in [6, 6.07) is 4.76. The van der Waals surface area contributed by atoms with Gasteiger partial charge in [-0.05, 0) is 24.6 Å². The number of amides is 1. The van der Waals surface area contributed by atoms with Gasteiger partial charge >= 0.3 is 11.6 Å². The first kappa shape index (κ1) is 17.7. The van der Waals surface area contributed by atoms with Gasteiger partial charge in [0.15, 0.2) is 0 Å². The standard InChI is InChI=1S/C16H14ClN5O4/c1-8-4-5-9(17)6-11(8)22-14(24)12(19-21(3)16(22)26)10-7-18-20(2)15(25)13(10)23/h4-7,10H,1-3H3. The minimum absolute atomic E-state index is 0.262. The number of carbonyl (C=O) groups excluding carboxylic acids is 2. The van der Waals surface area contributed by atoms with E-state index in [9.17, 15) is 19.2 Å². The first-order valence-corrected chi connectivity index (χ1v) is 7.93. The highest BCUT2D eigenvalue weighted by atomic mass is 35.5. The number of carbonyl (C=O) groups is 2. The molecule has 26 heavy (non-hydrogen) atoms. The number of rotatable bonds is 2. The maximum atomic E-state index is 12.9. The van der Waals surface area contributed by atoms with E-state index in [1.807, 2.05) is 0 Å². The van der Waals surface area contributed by atoms with E-state index in [-0.39, 0.29) is 11.4 Å². The summed E-state index contributed by atoms with van der Waals surface area (Å²) in [4.78, 5) is 49.6. The Morgan fingerprint density at radius 3 is 2.50 bits per heavy atom. The van der Waals surface area contributed by atoms with E-state index in [0.29, 0.717) is 10.6 Å². The molecule has 0 radical (unpaired) electrons. The molecule has 0 N–H and O–H groups in total. The van der Waals surface area contributed by atoms with Crippen LogP contribution in [0, 0.1) is 6.92 Å². The molecule has 1 aliphatic heterocycles. The monoisotopic (exact) mass is 375 g/mol. The van der Waals surface area contributed by atoms with E-state index in [0.717, 1.165) is 20.5 Å². The number of ketones is 1. The van der Waals surface area contributed by atoms with Crippen LogP contribution in [0.2, 0.25) is 5.02 Å². The molecule has 1 amide bonds. The minimum atomic E-state index is -1.26. The number of benzene rings is 1. The van der Waals surface area contributed by atoms with Crippen molar-refractivity contribution in [2.45, 2.75) is 12.8 Å². The smallest absolute Gasteiger partial charge is 0.287 e. The molecule has 0 saturated heterocycles. The van der Waals surface area contributed by atoms with E-state index < -0.39 is 28.9 Å². The fourth-order valence-corrected chi connectivity index (χ4v) is 2.76. The number of Topliss-reactive ketones (excluding diaryl/α,β-unsaturated/α-hetero) is 1. The van der Waals surface area contributed by atoms with Crippen LogP contribution >= 0.6 is 11.6 Å². The quantitative estimate of drug-likeness (QED) is 0.687. The predicted octanol–water partition coefficient (Wildman–Crippen LogP) is 0.00352. The average molecular weight is 376 g/mol. The number of aromatic nitrogens is 3. The molecule has 1 aromatic carbocycles. The largest absolute Gasteiger partial charge is 0.351 e. The number of hydrazone groups is 1. The molecule has 0 fully saturated rings. The fourth-order valence-electron chi connectivity index (χ4n) is 2.60. The number of nitrogens with zero attached hydrogens (tertiary/aromatic N) is 5. The van der Waals surface area contributed by atoms with E-state index >= 15 is 0 Å². The third kappa shape index (κ3) is 2.76. The number of likely N-dealkylation sites (N-methyl/N-ethyl adjacent to an activating group) is 1. The molecule has 2 aromatic rings. The van der Waals surface area contributed by atoms with Gasteiger partial charge < -0.3 is 0 Å². The lowest BCUT2D eigenvalue weighted by atomic mass is 10.00. The highest BCUT2D eigenvalue weighted by Gasteiger charge is 2.35. The summed E-state index contributed by atoms with van der Waals surface area (Å²) in [5, 5.41) is 8.90. The Morgan fingerprint density at radius 1 is 1.12 bits per heavy atom. The summed E-state index contributed by atoms with van der Waals surface area (Å²) >= 11 is 5.99. The van der Waals surface area contributed by atoms with Crippen LogP contribution in [0.1, 0.15) is 17.2 Å². The normalized spacial score (nSPS) is 17.1. The van der Waals surface area contributed by atoms with Crippen LogP contribution < -0.4 is 11.2 Å². The molecule has 134 valence electrons. The second-order valence-electron chi connectivity index (χ2n) is 5.80. The van der Waals surface area contributed by atoms with Crippen molar-refractivity contribution in [2.24, 2.45) is 12.1 Å². The molecule has 3 rings (SSSR count). The van der Waals surface area contributed by atoms with Gasteiger partial charge in [-0.3, -0.25) is 14.4 Å². The topological polar surface area (TPSA) is 107 Å². The first-order valence-electron chi connectivity index (χ1n) is 7.55. The summed E-state index contributed by atoms with van der Waals surface area (Å²) < 4.78 is 1.81. The molecule has 1 aromatic heterocycles. The molecule has 2 heterocycles. The Balaban J connectivity index is 2.30. The van der Waals surface area contributed by atoms with E-state index in [4.69, 9.17) is 11.6 Å². The number of hydrogen-bond acceptors (Lipinski definition) is 6. The van der Waals surface area contributed by atoms with Gasteiger partial charge in [0.05, 0.1) is 5.69 Å². The lowest BCUT2D eigenvalue weighted by Crippen LogP contribution is -2.46. The SMILES string of the molecule is Cc1ccc(Cl)cc1-n1c(=O)c(C2C=NN(C)C(=O)C2=O)nn(C)c1=O. The molecule has 10 heteroatoms. The molecular formula is C16H14ClN5O4. The Bertz CT molecular complexity index is 1090. The second kappa shape index (κ2) is 6.34. The van der Waals surface area contributed by atoms with Crippen molar-refractivity contribution in [3.8, 4) is 5.69 Å². The maximum Gasteiger partial charge on any atom is 0.351 e. The zero-order chi connectivity index (χ0) is 19.2. The van der Waals surface area contributed by atoms with E-state index in [1.165, 1.54) is 20.2 Å². The van der Waals surface area contributed by atoms with Crippen LogP contribution in [-0.2, 0) is 16.6 Å². The number of halogens is 1. The lowest BCUT2D eigenvalue weighted by molar-refractivity contribution is -0.144. The average Bonchev–Trinajstić information content (AvgIpc) is 2.60. The van der Waals surface area contributed by atoms with Crippen LogP contribution in [0.15, 0.2) is 32.9 Å². The highest BCUT2D eigenvalue weighted by molar-refractivity contribution is 6.42. The minimum Gasteiger partial charge on any atom is -0.287 e. The van der Waals surface area contributed by atoms with Crippen LogP contribution in [0.4, 0.5) is 0 Å². The summed E-state index contributed by atoms with van der Waals surface area (Å²) in [5.74, 6) is -2.97. The van der Waals surface area contributed by atoms with E-state index in [2.05, 4.69) is 10.2 Å². The van der Waals surface area contributed by atoms with Gasteiger partial charge in [0, 0.05) is 25.3 Å². The highest BCUT2D eigenvalue weighted by Crippen LogP contribution is 2.18. The van der Waals surface area contributed by atoms with E-state index in [1.54, 1.807) is 19.1 Å². The van der Waals surface area contributed by atoms with Crippen molar-refractivity contribution < 1.29 is 9.59 Å². The first-order chi connectivity index (χ1) is 12.2.